The predicted octanol–water partition coefficient (Wildman–Crippen LogP) is 5.51. The van der Waals surface area contributed by atoms with E-state index in [1.165, 1.54) is 19.3 Å². The van der Waals surface area contributed by atoms with E-state index in [9.17, 15) is 9.90 Å². The van der Waals surface area contributed by atoms with Gasteiger partial charge in [-0.05, 0) is 91.2 Å². The maximum atomic E-state index is 12.0. The fourth-order valence-electron chi connectivity index (χ4n) is 5.43. The van der Waals surface area contributed by atoms with Crippen molar-refractivity contribution in [2.45, 2.75) is 102 Å². The van der Waals surface area contributed by atoms with Crippen LogP contribution in [0.15, 0.2) is 18.2 Å². The van der Waals surface area contributed by atoms with E-state index in [1.54, 1.807) is 6.07 Å². The summed E-state index contributed by atoms with van der Waals surface area (Å²) in [4.78, 5) is 12.0. The van der Waals surface area contributed by atoms with Crippen LogP contribution >= 0.6 is 0 Å². The quantitative estimate of drug-likeness (QED) is 0.730. The molecule has 1 aromatic rings. The topological polar surface area (TPSA) is 58.6 Å². The molecule has 150 valence electrons. The largest absolute Gasteiger partial charge is 0.487 e. The maximum absolute atomic E-state index is 12.0. The van der Waals surface area contributed by atoms with Gasteiger partial charge in [0.15, 0.2) is 0 Å². The third-order valence-electron chi connectivity index (χ3n) is 6.16. The van der Waals surface area contributed by atoms with Gasteiger partial charge in [-0.15, -0.1) is 0 Å². The Morgan fingerprint density at radius 3 is 2.19 bits per heavy atom. The Morgan fingerprint density at radius 2 is 1.63 bits per heavy atom. The van der Waals surface area contributed by atoms with Crippen LogP contribution in [-0.2, 0) is 0 Å². The van der Waals surface area contributed by atoms with Crippen molar-refractivity contribution in [2.24, 2.45) is 0 Å². The van der Waals surface area contributed by atoms with Gasteiger partial charge in [-0.25, -0.2) is 4.79 Å². The molecule has 1 aromatic carbocycles. The van der Waals surface area contributed by atoms with E-state index < -0.39 is 5.97 Å². The number of carboxylic acids is 1. The third-order valence-corrected chi connectivity index (χ3v) is 6.16. The summed E-state index contributed by atoms with van der Waals surface area (Å²) in [5.74, 6) is 0.0712. The molecule has 27 heavy (non-hydrogen) atoms. The molecule has 0 spiro atoms. The zero-order chi connectivity index (χ0) is 19.9. The highest BCUT2D eigenvalue weighted by Gasteiger charge is 2.41. The third kappa shape index (κ3) is 4.66. The molecule has 4 nitrogen and oxygen atoms in total. The van der Waals surface area contributed by atoms with Crippen LogP contribution in [-0.4, -0.2) is 27.8 Å². The van der Waals surface area contributed by atoms with E-state index in [1.807, 2.05) is 12.1 Å². The SMILES string of the molecule is CC1(C)CC(c2c(OC3(C)CCCCC3)cccc2C(=O)O)CC(C)(C)N1. The molecular weight excluding hydrogens is 338 g/mol. The minimum atomic E-state index is -0.863. The second-order valence-corrected chi connectivity index (χ2v) is 10.1. The number of ether oxygens (including phenoxy) is 1. The molecule has 0 bridgehead atoms. The first kappa shape index (κ1) is 20.2. The first-order valence-electron chi connectivity index (χ1n) is 10.3. The lowest BCUT2D eigenvalue weighted by molar-refractivity contribution is 0.0456. The zero-order valence-electron chi connectivity index (χ0n) is 17.5. The zero-order valence-corrected chi connectivity index (χ0v) is 17.5. The number of nitrogens with one attached hydrogen (secondary N) is 1. The highest BCUT2D eigenvalue weighted by atomic mass is 16.5. The van der Waals surface area contributed by atoms with Gasteiger partial charge < -0.3 is 15.2 Å². The molecule has 3 rings (SSSR count). The van der Waals surface area contributed by atoms with Crippen LogP contribution in [0.2, 0.25) is 0 Å². The monoisotopic (exact) mass is 373 g/mol. The first-order chi connectivity index (χ1) is 12.5. The summed E-state index contributed by atoms with van der Waals surface area (Å²) in [6.07, 6.45) is 7.48. The Morgan fingerprint density at radius 1 is 1.04 bits per heavy atom. The van der Waals surface area contributed by atoms with Crippen molar-refractivity contribution in [3.63, 3.8) is 0 Å². The van der Waals surface area contributed by atoms with Crippen LogP contribution in [0.4, 0.5) is 0 Å². The molecule has 2 aliphatic rings. The molecule has 0 aromatic heterocycles. The molecule has 0 unspecified atom stereocenters. The van der Waals surface area contributed by atoms with Gasteiger partial charge in [0, 0.05) is 16.6 Å². The average Bonchev–Trinajstić information content (AvgIpc) is 2.51. The average molecular weight is 374 g/mol. The molecule has 1 saturated heterocycles. The molecule has 4 heteroatoms. The summed E-state index contributed by atoms with van der Waals surface area (Å²) in [5, 5.41) is 13.6. The van der Waals surface area contributed by atoms with Crippen LogP contribution in [0.3, 0.4) is 0 Å². The lowest BCUT2D eigenvalue weighted by atomic mass is 9.72. The molecule has 1 aliphatic carbocycles. The van der Waals surface area contributed by atoms with Crippen molar-refractivity contribution < 1.29 is 14.6 Å². The standard InChI is InChI=1S/C23H35NO3/c1-21(2)14-16(15-22(3,4)24-21)19-17(20(25)26)10-9-11-18(19)27-23(5)12-7-6-8-13-23/h9-11,16,24H,6-8,12-15H2,1-5H3,(H,25,26). The fraction of sp³-hybridized carbons (Fsp3) is 0.696. The number of rotatable bonds is 4. The Labute approximate surface area is 163 Å². The van der Waals surface area contributed by atoms with Gasteiger partial charge in [0.2, 0.25) is 0 Å². The summed E-state index contributed by atoms with van der Waals surface area (Å²) >= 11 is 0. The van der Waals surface area contributed by atoms with Crippen LogP contribution in [0.5, 0.6) is 5.75 Å². The maximum Gasteiger partial charge on any atom is 0.336 e. The number of carboxylic acid groups (broad SMARTS) is 1. The fourth-order valence-corrected chi connectivity index (χ4v) is 5.43. The van der Waals surface area contributed by atoms with Crippen molar-refractivity contribution in [3.8, 4) is 5.75 Å². The molecule has 1 saturated carbocycles. The number of aromatic carboxylic acids is 1. The van der Waals surface area contributed by atoms with E-state index in [-0.39, 0.29) is 22.6 Å². The summed E-state index contributed by atoms with van der Waals surface area (Å²) in [6, 6.07) is 5.53. The number of piperidine rings is 1. The lowest BCUT2D eigenvalue weighted by Gasteiger charge is -2.47. The lowest BCUT2D eigenvalue weighted by Crippen LogP contribution is -2.57. The molecule has 2 fully saturated rings. The van der Waals surface area contributed by atoms with E-state index in [0.717, 1.165) is 37.0 Å². The molecule has 2 N–H and O–H groups in total. The Bertz CT molecular complexity index is 686. The van der Waals surface area contributed by atoms with Crippen molar-refractivity contribution >= 4 is 5.97 Å². The van der Waals surface area contributed by atoms with Gasteiger partial charge in [-0.1, -0.05) is 12.5 Å². The van der Waals surface area contributed by atoms with Gasteiger partial charge >= 0.3 is 5.97 Å². The highest BCUT2D eigenvalue weighted by Crippen LogP contribution is 2.45. The summed E-state index contributed by atoms with van der Waals surface area (Å²) in [6.45, 7) is 11.0. The van der Waals surface area contributed by atoms with E-state index in [2.05, 4.69) is 39.9 Å². The Balaban J connectivity index is 2.03. The van der Waals surface area contributed by atoms with Gasteiger partial charge in [0.05, 0.1) is 5.56 Å². The minimum Gasteiger partial charge on any atom is -0.487 e. The predicted molar refractivity (Wildman–Crippen MR) is 109 cm³/mol. The number of hydrogen-bond acceptors (Lipinski definition) is 3. The van der Waals surface area contributed by atoms with Crippen LogP contribution in [0.1, 0.15) is 101 Å². The van der Waals surface area contributed by atoms with Gasteiger partial charge in [-0.2, -0.15) is 0 Å². The molecular formula is C23H35NO3. The second kappa shape index (κ2) is 7.12. The van der Waals surface area contributed by atoms with Gasteiger partial charge in [-0.3, -0.25) is 0 Å². The number of benzene rings is 1. The summed E-state index contributed by atoms with van der Waals surface area (Å²) in [7, 11) is 0. The van der Waals surface area contributed by atoms with E-state index in [4.69, 9.17) is 4.74 Å². The number of carbonyl (C=O) groups is 1. The molecule has 0 radical (unpaired) electrons. The van der Waals surface area contributed by atoms with Gasteiger partial charge in [0.1, 0.15) is 11.4 Å². The normalized spacial score (nSPS) is 24.3. The van der Waals surface area contributed by atoms with Crippen molar-refractivity contribution in [3.05, 3.63) is 29.3 Å². The second-order valence-electron chi connectivity index (χ2n) is 10.1. The summed E-state index contributed by atoms with van der Waals surface area (Å²) < 4.78 is 6.57. The minimum absolute atomic E-state index is 0.0515. The van der Waals surface area contributed by atoms with Crippen molar-refractivity contribution in [1.82, 2.24) is 5.32 Å². The van der Waals surface area contributed by atoms with E-state index >= 15 is 0 Å². The van der Waals surface area contributed by atoms with Gasteiger partial charge in [0.25, 0.3) is 0 Å². The van der Waals surface area contributed by atoms with Crippen molar-refractivity contribution in [1.29, 1.82) is 0 Å². The molecule has 1 heterocycles. The van der Waals surface area contributed by atoms with E-state index in [0.29, 0.717) is 5.56 Å². The first-order valence-corrected chi connectivity index (χ1v) is 10.3. The Hall–Kier alpha value is -1.55. The Kier molecular flexibility index (Phi) is 5.33. The molecule has 1 aliphatic heterocycles. The molecule has 0 amide bonds. The number of hydrogen-bond donors (Lipinski definition) is 2. The van der Waals surface area contributed by atoms with Crippen LogP contribution in [0, 0.1) is 0 Å². The van der Waals surface area contributed by atoms with Crippen molar-refractivity contribution in [2.75, 3.05) is 0 Å². The van der Waals surface area contributed by atoms with Crippen LogP contribution in [0.25, 0.3) is 0 Å². The molecule has 0 atom stereocenters. The van der Waals surface area contributed by atoms with Crippen LogP contribution < -0.4 is 10.1 Å². The highest BCUT2D eigenvalue weighted by molar-refractivity contribution is 5.90. The summed E-state index contributed by atoms with van der Waals surface area (Å²) in [5.41, 5.74) is 0.987. The smallest absolute Gasteiger partial charge is 0.336 e.